The Kier molecular flexibility index (Phi) is 9.18. The maximum absolute atomic E-state index is 10.6. The number of ether oxygens (including phenoxy) is 5. The highest BCUT2D eigenvalue weighted by atomic mass is 16.8. The van der Waals surface area contributed by atoms with Gasteiger partial charge in [-0.3, -0.25) is 0 Å². The smallest absolute Gasteiger partial charge is 0.224 e. The molecule has 16 heteroatoms. The van der Waals surface area contributed by atoms with Gasteiger partial charge in [-0.15, -0.1) is 0 Å². The lowest BCUT2D eigenvalue weighted by atomic mass is 9.98. The summed E-state index contributed by atoms with van der Waals surface area (Å²) in [4.78, 5) is 0. The first kappa shape index (κ1) is 27.9. The van der Waals surface area contributed by atoms with Crippen molar-refractivity contribution in [3.63, 3.8) is 0 Å². The fourth-order valence-electron chi connectivity index (χ4n) is 4.12. The van der Waals surface area contributed by atoms with E-state index >= 15 is 0 Å². The largest absolute Gasteiger partial charge is 0.394 e. The quantitative estimate of drug-likeness (QED) is 0.146. The summed E-state index contributed by atoms with van der Waals surface area (Å²) < 4.78 is 27.0. The predicted molar refractivity (Wildman–Crippen MR) is 101 cm³/mol. The van der Waals surface area contributed by atoms with E-state index in [9.17, 15) is 56.2 Å². The molecule has 200 valence electrons. The zero-order chi connectivity index (χ0) is 25.4. The molecule has 3 heterocycles. The third kappa shape index (κ3) is 4.96. The molecule has 0 radical (unpaired) electrons. The van der Waals surface area contributed by atoms with Crippen molar-refractivity contribution in [2.24, 2.45) is 0 Å². The standard InChI is InChI=1S/C18H32O16/c19-1-5-8(23)11(26)13(28)16(30-5)32-15-10(25)7(3-21)33-18(15,4-22)34-17-14(29)12(27)9(24)6(2-20)31-17/h5-17,19-29H,1-4H2/t5-,6+,7+,8+,9+,10-,11+,12+,13+,14+,15-,16+,17+,18-/m0/s1. The van der Waals surface area contributed by atoms with Gasteiger partial charge in [-0.1, -0.05) is 0 Å². The van der Waals surface area contributed by atoms with E-state index in [-0.39, 0.29) is 0 Å². The molecule has 3 fully saturated rings. The highest BCUT2D eigenvalue weighted by Gasteiger charge is 2.61. The van der Waals surface area contributed by atoms with Crippen molar-refractivity contribution in [1.82, 2.24) is 0 Å². The van der Waals surface area contributed by atoms with Crippen LogP contribution in [0.5, 0.6) is 0 Å². The van der Waals surface area contributed by atoms with Gasteiger partial charge in [-0.25, -0.2) is 0 Å². The minimum atomic E-state index is -2.43. The van der Waals surface area contributed by atoms with E-state index in [1.807, 2.05) is 0 Å². The lowest BCUT2D eigenvalue weighted by molar-refractivity contribution is -0.400. The minimum Gasteiger partial charge on any atom is -0.394 e. The third-order valence-electron chi connectivity index (χ3n) is 6.17. The zero-order valence-electron chi connectivity index (χ0n) is 17.8. The van der Waals surface area contributed by atoms with Gasteiger partial charge in [0.25, 0.3) is 0 Å². The Balaban J connectivity index is 1.87. The number of aliphatic hydroxyl groups is 11. The van der Waals surface area contributed by atoms with Crippen molar-refractivity contribution in [3.8, 4) is 0 Å². The molecule has 0 aromatic heterocycles. The van der Waals surface area contributed by atoms with Gasteiger partial charge in [0.1, 0.15) is 73.8 Å². The Hall–Kier alpha value is -0.640. The molecular weight excluding hydrogens is 472 g/mol. The molecule has 34 heavy (non-hydrogen) atoms. The number of hydrogen-bond acceptors (Lipinski definition) is 16. The van der Waals surface area contributed by atoms with Crippen molar-refractivity contribution in [1.29, 1.82) is 0 Å². The molecule has 14 atom stereocenters. The molecule has 0 saturated carbocycles. The van der Waals surface area contributed by atoms with E-state index in [2.05, 4.69) is 0 Å². The molecule has 3 aliphatic heterocycles. The van der Waals surface area contributed by atoms with Gasteiger partial charge >= 0.3 is 0 Å². The molecule has 0 bridgehead atoms. The van der Waals surface area contributed by atoms with Crippen molar-refractivity contribution in [2.75, 3.05) is 26.4 Å². The van der Waals surface area contributed by atoms with E-state index in [0.717, 1.165) is 0 Å². The van der Waals surface area contributed by atoms with Crippen LogP contribution in [0.3, 0.4) is 0 Å². The summed E-state index contributed by atoms with van der Waals surface area (Å²) in [6.45, 7) is -3.49. The Morgan fingerprint density at radius 2 is 1.03 bits per heavy atom. The van der Waals surface area contributed by atoms with Crippen LogP contribution in [0.4, 0.5) is 0 Å². The van der Waals surface area contributed by atoms with Gasteiger partial charge in [0.15, 0.2) is 12.6 Å². The van der Waals surface area contributed by atoms with Crippen LogP contribution in [0.1, 0.15) is 0 Å². The lowest BCUT2D eigenvalue weighted by Crippen LogP contribution is -2.64. The zero-order valence-corrected chi connectivity index (χ0v) is 17.8. The maximum Gasteiger partial charge on any atom is 0.224 e. The van der Waals surface area contributed by atoms with E-state index in [1.54, 1.807) is 0 Å². The maximum atomic E-state index is 10.6. The summed E-state index contributed by atoms with van der Waals surface area (Å²) in [5, 5.41) is 109. The van der Waals surface area contributed by atoms with Crippen LogP contribution in [-0.4, -0.2) is 168 Å². The van der Waals surface area contributed by atoms with E-state index in [4.69, 9.17) is 23.7 Å². The summed E-state index contributed by atoms with van der Waals surface area (Å²) in [6, 6.07) is 0. The Bertz CT molecular complexity index is 651. The molecule has 3 rings (SSSR count). The molecule has 0 unspecified atom stereocenters. The number of rotatable bonds is 8. The van der Waals surface area contributed by atoms with Gasteiger partial charge in [0, 0.05) is 0 Å². The molecule has 11 N–H and O–H groups in total. The Labute approximate surface area is 192 Å². The van der Waals surface area contributed by atoms with Crippen LogP contribution in [-0.2, 0) is 23.7 Å². The number of hydrogen-bond donors (Lipinski definition) is 11. The highest BCUT2D eigenvalue weighted by molar-refractivity contribution is 5.01. The first-order valence-corrected chi connectivity index (χ1v) is 10.6. The van der Waals surface area contributed by atoms with E-state index in [0.29, 0.717) is 0 Å². The molecule has 16 nitrogen and oxygen atoms in total. The monoisotopic (exact) mass is 504 g/mol. The second-order valence-electron chi connectivity index (χ2n) is 8.37. The number of aliphatic hydroxyl groups excluding tert-OH is 11. The molecule has 0 amide bonds. The van der Waals surface area contributed by atoms with Gasteiger partial charge < -0.3 is 79.9 Å². The predicted octanol–water partition coefficient (Wildman–Crippen LogP) is -7.57. The molecule has 0 spiro atoms. The fourth-order valence-corrected chi connectivity index (χ4v) is 4.12. The molecule has 3 saturated heterocycles. The van der Waals surface area contributed by atoms with Crippen LogP contribution in [0.2, 0.25) is 0 Å². The minimum absolute atomic E-state index is 0.777. The van der Waals surface area contributed by atoms with E-state index in [1.165, 1.54) is 0 Å². The second kappa shape index (κ2) is 11.2. The summed E-state index contributed by atoms with van der Waals surface area (Å²) in [5.74, 6) is -2.43. The molecule has 0 aliphatic carbocycles. The van der Waals surface area contributed by atoms with Crippen LogP contribution in [0.15, 0.2) is 0 Å². The molecule has 0 aromatic carbocycles. The second-order valence-corrected chi connectivity index (χ2v) is 8.37. The van der Waals surface area contributed by atoms with Crippen LogP contribution >= 0.6 is 0 Å². The van der Waals surface area contributed by atoms with Crippen LogP contribution in [0, 0.1) is 0 Å². The summed E-state index contributed by atoms with van der Waals surface area (Å²) >= 11 is 0. The van der Waals surface area contributed by atoms with Crippen LogP contribution < -0.4 is 0 Å². The Morgan fingerprint density at radius 3 is 1.50 bits per heavy atom. The van der Waals surface area contributed by atoms with Crippen LogP contribution in [0.25, 0.3) is 0 Å². The first-order valence-electron chi connectivity index (χ1n) is 10.6. The normalized spacial score (nSPS) is 52.1. The summed E-state index contributed by atoms with van der Waals surface area (Å²) in [5.41, 5.74) is 0. The lowest BCUT2D eigenvalue weighted by Gasteiger charge is -2.45. The highest BCUT2D eigenvalue weighted by Crippen LogP contribution is 2.39. The van der Waals surface area contributed by atoms with Gasteiger partial charge in [-0.2, -0.15) is 0 Å². The topological polar surface area (TPSA) is 269 Å². The van der Waals surface area contributed by atoms with Crippen molar-refractivity contribution in [3.05, 3.63) is 0 Å². The SMILES string of the molecule is OC[C@@H]1O[C@H](O[C@H]2[C@@H](O)[C@@H](CO)O[C@@]2(CO)O[C@H]2O[C@H](CO)[C@@H](O)[C@@H](O)[C@H]2O)[C@H](O)[C@H](O)[C@@H]1O. The van der Waals surface area contributed by atoms with E-state index < -0.39 is 112 Å². The average Bonchev–Trinajstić information content (AvgIpc) is 3.10. The third-order valence-corrected chi connectivity index (χ3v) is 6.17. The van der Waals surface area contributed by atoms with Gasteiger partial charge in [0.2, 0.25) is 5.79 Å². The van der Waals surface area contributed by atoms with Crippen molar-refractivity contribution < 1.29 is 79.9 Å². The fraction of sp³-hybridized carbons (Fsp3) is 1.00. The molecule has 3 aliphatic rings. The van der Waals surface area contributed by atoms with Crippen molar-refractivity contribution in [2.45, 2.75) is 85.5 Å². The average molecular weight is 504 g/mol. The van der Waals surface area contributed by atoms with Gasteiger partial charge in [0.05, 0.1) is 19.8 Å². The van der Waals surface area contributed by atoms with Crippen molar-refractivity contribution >= 4 is 0 Å². The molecular formula is C18H32O16. The Morgan fingerprint density at radius 1 is 0.559 bits per heavy atom. The molecule has 0 aromatic rings. The van der Waals surface area contributed by atoms with Gasteiger partial charge in [-0.05, 0) is 0 Å². The first-order chi connectivity index (χ1) is 16.0. The summed E-state index contributed by atoms with van der Waals surface area (Å²) in [6.07, 6.45) is -22.3. The summed E-state index contributed by atoms with van der Waals surface area (Å²) in [7, 11) is 0.